The third-order valence-electron chi connectivity index (χ3n) is 4.80. The number of aromatic nitrogens is 2. The second kappa shape index (κ2) is 8.61. The monoisotopic (exact) mass is 399 g/mol. The van der Waals surface area contributed by atoms with Crippen LogP contribution < -0.4 is 10.1 Å². The van der Waals surface area contributed by atoms with Gasteiger partial charge in [0.1, 0.15) is 5.75 Å². The Labute approximate surface area is 174 Å². The molecule has 3 aromatic carbocycles. The molecular formula is C24H21N3O3. The normalized spacial score (nSPS) is 10.6. The van der Waals surface area contributed by atoms with Crippen molar-refractivity contribution in [2.75, 3.05) is 12.4 Å². The molecule has 0 saturated carbocycles. The molecule has 30 heavy (non-hydrogen) atoms. The lowest BCUT2D eigenvalue weighted by Crippen LogP contribution is -2.13. The first-order valence-electron chi connectivity index (χ1n) is 9.65. The summed E-state index contributed by atoms with van der Waals surface area (Å²) in [6, 6.07) is 22.3. The van der Waals surface area contributed by atoms with Gasteiger partial charge in [-0.3, -0.25) is 4.79 Å². The molecule has 0 unspecified atom stereocenters. The Morgan fingerprint density at radius 1 is 1.00 bits per heavy atom. The minimum absolute atomic E-state index is 0.237. The minimum Gasteiger partial charge on any atom is -0.497 e. The highest BCUT2D eigenvalue weighted by Crippen LogP contribution is 2.27. The number of hydrogen-bond acceptors (Lipinski definition) is 5. The van der Waals surface area contributed by atoms with Gasteiger partial charge in [0.15, 0.2) is 0 Å². The molecule has 0 atom stereocenters. The summed E-state index contributed by atoms with van der Waals surface area (Å²) in [6.45, 7) is 2.09. The summed E-state index contributed by atoms with van der Waals surface area (Å²) in [5.41, 5.74) is 3.78. The molecule has 4 aromatic rings. The summed E-state index contributed by atoms with van der Waals surface area (Å²) in [5.74, 6) is 1.24. The highest BCUT2D eigenvalue weighted by Gasteiger charge is 2.18. The minimum atomic E-state index is -0.237. The number of aryl methyl sites for hydroxylation is 1. The van der Waals surface area contributed by atoms with Gasteiger partial charge in [-0.2, -0.15) is 4.98 Å². The third kappa shape index (κ3) is 4.07. The van der Waals surface area contributed by atoms with Crippen molar-refractivity contribution in [3.63, 3.8) is 0 Å². The summed E-state index contributed by atoms with van der Waals surface area (Å²) in [5, 5.41) is 6.99. The van der Waals surface area contributed by atoms with Crippen LogP contribution in [-0.4, -0.2) is 23.2 Å². The van der Waals surface area contributed by atoms with Crippen LogP contribution in [0.25, 0.3) is 22.8 Å². The van der Waals surface area contributed by atoms with E-state index in [2.05, 4.69) is 22.4 Å². The van der Waals surface area contributed by atoms with Crippen molar-refractivity contribution in [2.45, 2.75) is 13.3 Å². The Bertz CT molecular complexity index is 1150. The van der Waals surface area contributed by atoms with E-state index in [-0.39, 0.29) is 11.8 Å². The Balaban J connectivity index is 1.59. The number of hydrogen-bond donors (Lipinski definition) is 1. The van der Waals surface area contributed by atoms with Gasteiger partial charge in [-0.1, -0.05) is 36.3 Å². The Hall–Kier alpha value is -3.93. The molecular weight excluding hydrogens is 378 g/mol. The molecule has 1 aromatic heterocycles. The van der Waals surface area contributed by atoms with E-state index in [0.29, 0.717) is 17.0 Å². The number of rotatable bonds is 6. The van der Waals surface area contributed by atoms with Gasteiger partial charge in [0.25, 0.3) is 11.8 Å². The van der Waals surface area contributed by atoms with Crippen LogP contribution in [0.1, 0.15) is 22.8 Å². The molecule has 0 aliphatic carbocycles. The maximum atomic E-state index is 12.9. The third-order valence-corrected chi connectivity index (χ3v) is 4.80. The number of nitrogens with one attached hydrogen (secondary N) is 1. The van der Waals surface area contributed by atoms with E-state index in [9.17, 15) is 4.79 Å². The zero-order valence-corrected chi connectivity index (χ0v) is 16.8. The highest BCUT2D eigenvalue weighted by atomic mass is 16.5. The van der Waals surface area contributed by atoms with E-state index in [0.717, 1.165) is 23.4 Å². The lowest BCUT2D eigenvalue weighted by Gasteiger charge is -2.08. The fourth-order valence-electron chi connectivity index (χ4n) is 3.08. The van der Waals surface area contributed by atoms with Gasteiger partial charge in [0.2, 0.25) is 5.82 Å². The van der Waals surface area contributed by atoms with Crippen LogP contribution in [0.15, 0.2) is 77.3 Å². The maximum absolute atomic E-state index is 12.9. The lowest BCUT2D eigenvalue weighted by molar-refractivity contribution is 0.102. The van der Waals surface area contributed by atoms with Crippen molar-refractivity contribution in [3.05, 3.63) is 83.9 Å². The molecule has 0 spiro atoms. The van der Waals surface area contributed by atoms with Crippen molar-refractivity contribution < 1.29 is 14.1 Å². The molecule has 6 nitrogen and oxygen atoms in total. The first-order chi connectivity index (χ1) is 14.7. The number of anilines is 1. The van der Waals surface area contributed by atoms with Crippen molar-refractivity contribution in [3.8, 4) is 28.6 Å². The van der Waals surface area contributed by atoms with Gasteiger partial charge in [-0.05, 0) is 60.5 Å². The fourth-order valence-corrected chi connectivity index (χ4v) is 3.08. The van der Waals surface area contributed by atoms with Crippen molar-refractivity contribution in [2.24, 2.45) is 0 Å². The molecule has 6 heteroatoms. The van der Waals surface area contributed by atoms with Crippen LogP contribution >= 0.6 is 0 Å². The molecule has 0 aliphatic rings. The van der Waals surface area contributed by atoms with E-state index in [1.54, 1.807) is 25.3 Å². The average Bonchev–Trinajstić information content (AvgIpc) is 3.30. The van der Waals surface area contributed by atoms with Crippen LogP contribution in [-0.2, 0) is 6.42 Å². The quantitative estimate of drug-likeness (QED) is 0.481. The Morgan fingerprint density at radius 2 is 1.73 bits per heavy atom. The molecule has 0 bridgehead atoms. The molecule has 0 saturated heterocycles. The summed E-state index contributed by atoms with van der Waals surface area (Å²) < 4.78 is 10.6. The van der Waals surface area contributed by atoms with Crippen LogP contribution in [0.3, 0.4) is 0 Å². The number of carbonyl (C=O) groups is 1. The second-order valence-corrected chi connectivity index (χ2v) is 6.70. The summed E-state index contributed by atoms with van der Waals surface area (Å²) in [4.78, 5) is 17.4. The molecule has 0 fully saturated rings. The topological polar surface area (TPSA) is 77.2 Å². The summed E-state index contributed by atoms with van der Waals surface area (Å²) >= 11 is 0. The first-order valence-corrected chi connectivity index (χ1v) is 9.65. The predicted octanol–water partition coefficient (Wildman–Crippen LogP) is 5.23. The number of methoxy groups -OCH3 is 1. The maximum Gasteiger partial charge on any atom is 0.259 e. The number of ether oxygens (including phenoxy) is 1. The summed E-state index contributed by atoms with van der Waals surface area (Å²) in [7, 11) is 1.61. The molecule has 150 valence electrons. The fraction of sp³-hybridized carbons (Fsp3) is 0.125. The van der Waals surface area contributed by atoms with E-state index < -0.39 is 0 Å². The number of amides is 1. The number of carbonyl (C=O) groups excluding carboxylic acids is 1. The van der Waals surface area contributed by atoms with Gasteiger partial charge >= 0.3 is 0 Å². The van der Waals surface area contributed by atoms with Crippen LogP contribution in [0.2, 0.25) is 0 Å². The van der Waals surface area contributed by atoms with Crippen molar-refractivity contribution >= 4 is 11.6 Å². The van der Waals surface area contributed by atoms with Gasteiger partial charge in [0.05, 0.1) is 18.2 Å². The van der Waals surface area contributed by atoms with Crippen molar-refractivity contribution in [1.82, 2.24) is 10.1 Å². The largest absolute Gasteiger partial charge is 0.497 e. The van der Waals surface area contributed by atoms with Crippen LogP contribution in [0.5, 0.6) is 5.75 Å². The second-order valence-electron chi connectivity index (χ2n) is 6.70. The predicted molar refractivity (Wildman–Crippen MR) is 115 cm³/mol. The van der Waals surface area contributed by atoms with Gasteiger partial charge in [-0.15, -0.1) is 0 Å². The molecule has 1 heterocycles. The van der Waals surface area contributed by atoms with E-state index >= 15 is 0 Å². The zero-order valence-electron chi connectivity index (χ0n) is 16.8. The van der Waals surface area contributed by atoms with Crippen LogP contribution in [0, 0.1) is 0 Å². The van der Waals surface area contributed by atoms with Gasteiger partial charge in [-0.25, -0.2) is 0 Å². The van der Waals surface area contributed by atoms with Crippen molar-refractivity contribution in [1.29, 1.82) is 0 Å². The van der Waals surface area contributed by atoms with Crippen LogP contribution in [0.4, 0.5) is 5.69 Å². The summed E-state index contributed by atoms with van der Waals surface area (Å²) in [6.07, 6.45) is 0.949. The number of nitrogens with zero attached hydrogens (tertiary/aromatic N) is 2. The number of benzene rings is 3. The lowest BCUT2D eigenvalue weighted by atomic mass is 10.1. The van der Waals surface area contributed by atoms with E-state index in [1.807, 2.05) is 54.6 Å². The average molecular weight is 399 g/mol. The highest BCUT2D eigenvalue weighted by molar-refractivity contribution is 6.08. The van der Waals surface area contributed by atoms with Gasteiger partial charge in [0, 0.05) is 11.3 Å². The first kappa shape index (κ1) is 19.4. The molecule has 4 rings (SSSR count). The Kier molecular flexibility index (Phi) is 5.57. The molecule has 0 radical (unpaired) electrons. The van der Waals surface area contributed by atoms with Gasteiger partial charge < -0.3 is 14.6 Å². The standard InChI is InChI=1S/C24H21N3O3/c1-3-16-8-12-18(13-9-16)25-23(28)20-6-4-5-7-21(20)24-26-22(27-30-24)17-10-14-19(29-2)15-11-17/h4-15H,3H2,1-2H3,(H,25,28). The SMILES string of the molecule is CCc1ccc(NC(=O)c2ccccc2-c2nc(-c3ccc(OC)cc3)no2)cc1. The Morgan fingerprint density at radius 3 is 2.43 bits per heavy atom. The van der Waals surface area contributed by atoms with E-state index in [1.165, 1.54) is 5.56 Å². The smallest absolute Gasteiger partial charge is 0.259 e. The molecule has 0 aliphatic heterocycles. The van der Waals surface area contributed by atoms with E-state index in [4.69, 9.17) is 9.26 Å². The molecule has 1 N–H and O–H groups in total. The molecule has 1 amide bonds. The zero-order chi connectivity index (χ0) is 20.9.